The molecule has 25 heavy (non-hydrogen) atoms. The number of fused-ring (bicyclic) bond motifs is 1. The molecule has 1 aliphatic heterocycles. The average Bonchev–Trinajstić information content (AvgIpc) is 2.44. The highest BCUT2D eigenvalue weighted by Crippen LogP contribution is 2.38. The lowest BCUT2D eigenvalue weighted by atomic mass is 9.93. The fourth-order valence-corrected chi connectivity index (χ4v) is 2.90. The zero-order chi connectivity index (χ0) is 18.7. The Balaban J connectivity index is 1.95. The van der Waals surface area contributed by atoms with E-state index in [-0.39, 0.29) is 11.4 Å². The summed E-state index contributed by atoms with van der Waals surface area (Å²) in [5.41, 5.74) is 1.89. The van der Waals surface area contributed by atoms with Crippen LogP contribution in [0.2, 0.25) is 0 Å². The first-order valence-corrected chi connectivity index (χ1v) is 8.86. The SMILES string of the molecule is C/C(=C\CC[C@]1(C)C=Cc2c(O)cc(C)cc2O1)C/C=C\C(C)(C)O. The lowest BCUT2D eigenvalue weighted by molar-refractivity contribution is 0.128. The maximum atomic E-state index is 10.0. The summed E-state index contributed by atoms with van der Waals surface area (Å²) in [7, 11) is 0. The van der Waals surface area contributed by atoms with E-state index in [1.54, 1.807) is 19.9 Å². The van der Waals surface area contributed by atoms with Gasteiger partial charge in [-0.15, -0.1) is 0 Å². The van der Waals surface area contributed by atoms with Crippen LogP contribution in [0.1, 0.15) is 58.1 Å². The number of phenols is 1. The zero-order valence-electron chi connectivity index (χ0n) is 16.0. The number of aryl methyl sites for hydroxylation is 1. The molecule has 136 valence electrons. The Labute approximate surface area is 151 Å². The summed E-state index contributed by atoms with van der Waals surface area (Å²) in [6.45, 7) is 9.67. The van der Waals surface area contributed by atoms with Crippen molar-refractivity contribution in [3.05, 3.63) is 53.1 Å². The Kier molecular flexibility index (Phi) is 5.79. The highest BCUT2D eigenvalue weighted by Gasteiger charge is 2.27. The first-order chi connectivity index (χ1) is 11.6. The van der Waals surface area contributed by atoms with E-state index in [0.717, 1.165) is 36.1 Å². The van der Waals surface area contributed by atoms with Gasteiger partial charge in [0, 0.05) is 0 Å². The van der Waals surface area contributed by atoms with E-state index in [2.05, 4.69) is 19.9 Å². The van der Waals surface area contributed by atoms with Gasteiger partial charge < -0.3 is 14.9 Å². The van der Waals surface area contributed by atoms with Crippen molar-refractivity contribution in [3.8, 4) is 11.5 Å². The molecule has 0 spiro atoms. The van der Waals surface area contributed by atoms with Crippen molar-refractivity contribution in [2.24, 2.45) is 0 Å². The zero-order valence-corrected chi connectivity index (χ0v) is 16.0. The molecule has 0 unspecified atom stereocenters. The van der Waals surface area contributed by atoms with Gasteiger partial charge in [0.25, 0.3) is 0 Å². The molecule has 0 aromatic heterocycles. The van der Waals surface area contributed by atoms with E-state index in [9.17, 15) is 10.2 Å². The summed E-state index contributed by atoms with van der Waals surface area (Å²) in [6.07, 6.45) is 12.7. The number of hydrogen-bond acceptors (Lipinski definition) is 3. The van der Waals surface area contributed by atoms with Crippen LogP contribution >= 0.6 is 0 Å². The quantitative estimate of drug-likeness (QED) is 0.689. The van der Waals surface area contributed by atoms with Crippen molar-refractivity contribution in [2.45, 2.75) is 65.1 Å². The number of ether oxygens (including phenoxy) is 1. The molecule has 2 N–H and O–H groups in total. The van der Waals surface area contributed by atoms with Gasteiger partial charge in [-0.2, -0.15) is 0 Å². The fraction of sp³-hybridized carbons (Fsp3) is 0.455. The van der Waals surface area contributed by atoms with Crippen LogP contribution in [0.25, 0.3) is 6.08 Å². The number of aliphatic hydroxyl groups is 1. The second-order valence-corrected chi connectivity index (χ2v) is 7.79. The van der Waals surface area contributed by atoms with Gasteiger partial charge in [-0.1, -0.05) is 23.8 Å². The normalized spacial score (nSPS) is 20.6. The molecule has 0 aliphatic carbocycles. The summed E-state index contributed by atoms with van der Waals surface area (Å²) in [6, 6.07) is 3.72. The minimum Gasteiger partial charge on any atom is -0.507 e. The van der Waals surface area contributed by atoms with Crippen LogP contribution < -0.4 is 4.74 Å². The Morgan fingerprint density at radius 1 is 1.32 bits per heavy atom. The molecule has 0 amide bonds. The van der Waals surface area contributed by atoms with Gasteiger partial charge >= 0.3 is 0 Å². The second kappa shape index (κ2) is 7.49. The lowest BCUT2D eigenvalue weighted by Gasteiger charge is -2.32. The van der Waals surface area contributed by atoms with Crippen LogP contribution in [-0.4, -0.2) is 21.4 Å². The third-order valence-corrected chi connectivity index (χ3v) is 4.31. The highest BCUT2D eigenvalue weighted by atomic mass is 16.5. The summed E-state index contributed by atoms with van der Waals surface area (Å²) < 4.78 is 6.17. The van der Waals surface area contributed by atoms with Crippen LogP contribution in [0.4, 0.5) is 0 Å². The molecule has 1 heterocycles. The summed E-state index contributed by atoms with van der Waals surface area (Å²) in [4.78, 5) is 0. The molecular weight excluding hydrogens is 312 g/mol. The topological polar surface area (TPSA) is 49.7 Å². The minimum absolute atomic E-state index is 0.266. The lowest BCUT2D eigenvalue weighted by Crippen LogP contribution is -2.31. The predicted octanol–water partition coefficient (Wildman–Crippen LogP) is 5.31. The maximum Gasteiger partial charge on any atom is 0.131 e. The number of allylic oxidation sites excluding steroid dienone is 3. The summed E-state index contributed by atoms with van der Waals surface area (Å²) in [5, 5.41) is 19.7. The fourth-order valence-electron chi connectivity index (χ4n) is 2.90. The number of aromatic hydroxyl groups is 1. The number of phenolic OH excluding ortho intramolecular Hbond substituents is 1. The molecular formula is C22H30O3. The number of hydrogen-bond donors (Lipinski definition) is 2. The first kappa shape index (κ1) is 19.3. The first-order valence-electron chi connectivity index (χ1n) is 8.86. The molecule has 0 radical (unpaired) electrons. The van der Waals surface area contributed by atoms with Crippen LogP contribution in [0, 0.1) is 6.92 Å². The monoisotopic (exact) mass is 342 g/mol. The molecule has 1 aromatic rings. The minimum atomic E-state index is -0.758. The average molecular weight is 342 g/mol. The van der Waals surface area contributed by atoms with Gasteiger partial charge in [-0.05, 0) is 83.7 Å². The smallest absolute Gasteiger partial charge is 0.131 e. The van der Waals surface area contributed by atoms with Gasteiger partial charge in [0.1, 0.15) is 17.1 Å². The molecule has 0 fully saturated rings. The van der Waals surface area contributed by atoms with Crippen LogP contribution in [0.15, 0.2) is 42.0 Å². The molecule has 3 heteroatoms. The highest BCUT2D eigenvalue weighted by molar-refractivity contribution is 5.67. The largest absolute Gasteiger partial charge is 0.507 e. The van der Waals surface area contributed by atoms with E-state index >= 15 is 0 Å². The maximum absolute atomic E-state index is 10.0. The molecule has 3 nitrogen and oxygen atoms in total. The van der Waals surface area contributed by atoms with Gasteiger partial charge in [0.15, 0.2) is 0 Å². The van der Waals surface area contributed by atoms with E-state index in [1.165, 1.54) is 5.57 Å². The number of benzene rings is 1. The van der Waals surface area contributed by atoms with Gasteiger partial charge in [-0.3, -0.25) is 0 Å². The standard InChI is InChI=1S/C22H30O3/c1-16(8-6-11-21(3,4)24)9-7-12-22(5)13-10-18-19(23)14-17(2)15-20(18)25-22/h6,9-11,13-15,23-24H,7-8,12H2,1-5H3/b11-6-,16-9+/t22-/m1/s1. The summed E-state index contributed by atoms with van der Waals surface area (Å²) in [5.74, 6) is 1.01. The Morgan fingerprint density at radius 3 is 2.72 bits per heavy atom. The van der Waals surface area contributed by atoms with Crippen molar-refractivity contribution in [1.29, 1.82) is 0 Å². The van der Waals surface area contributed by atoms with E-state index in [4.69, 9.17) is 4.74 Å². The van der Waals surface area contributed by atoms with E-state index < -0.39 is 5.60 Å². The van der Waals surface area contributed by atoms with Crippen molar-refractivity contribution in [1.82, 2.24) is 0 Å². The Morgan fingerprint density at radius 2 is 2.04 bits per heavy atom. The third kappa shape index (κ3) is 5.79. The number of rotatable bonds is 6. The predicted molar refractivity (Wildman–Crippen MR) is 104 cm³/mol. The van der Waals surface area contributed by atoms with Crippen LogP contribution in [0.3, 0.4) is 0 Å². The Bertz CT molecular complexity index is 705. The third-order valence-electron chi connectivity index (χ3n) is 4.31. The van der Waals surface area contributed by atoms with E-state index in [0.29, 0.717) is 0 Å². The van der Waals surface area contributed by atoms with Crippen molar-refractivity contribution in [3.63, 3.8) is 0 Å². The van der Waals surface area contributed by atoms with Crippen LogP contribution in [-0.2, 0) is 0 Å². The molecule has 1 aromatic carbocycles. The molecule has 0 saturated heterocycles. The van der Waals surface area contributed by atoms with Crippen molar-refractivity contribution < 1.29 is 14.9 Å². The molecule has 1 aliphatic rings. The van der Waals surface area contributed by atoms with E-state index in [1.807, 2.05) is 37.3 Å². The molecule has 1 atom stereocenters. The molecule has 0 saturated carbocycles. The van der Waals surface area contributed by atoms with Crippen molar-refractivity contribution >= 4 is 6.08 Å². The molecule has 2 rings (SSSR count). The second-order valence-electron chi connectivity index (χ2n) is 7.79. The van der Waals surface area contributed by atoms with Gasteiger partial charge in [0.05, 0.1) is 11.2 Å². The van der Waals surface area contributed by atoms with Gasteiger partial charge in [0.2, 0.25) is 0 Å². The van der Waals surface area contributed by atoms with Crippen molar-refractivity contribution in [2.75, 3.05) is 0 Å². The summed E-state index contributed by atoms with van der Waals surface area (Å²) >= 11 is 0. The Hall–Kier alpha value is -2.00. The molecule has 0 bridgehead atoms. The van der Waals surface area contributed by atoms with Gasteiger partial charge in [-0.25, -0.2) is 0 Å². The van der Waals surface area contributed by atoms with Crippen LogP contribution in [0.5, 0.6) is 11.5 Å².